The van der Waals surface area contributed by atoms with Crippen LogP contribution in [0.1, 0.15) is 26.7 Å². The van der Waals surface area contributed by atoms with Crippen molar-refractivity contribution in [1.82, 2.24) is 4.90 Å². The van der Waals surface area contributed by atoms with Crippen molar-refractivity contribution in [3.05, 3.63) is 0 Å². The number of methoxy groups -OCH3 is 2. The van der Waals surface area contributed by atoms with Gasteiger partial charge in [0, 0.05) is 12.6 Å². The van der Waals surface area contributed by atoms with Crippen LogP contribution in [0.5, 0.6) is 0 Å². The van der Waals surface area contributed by atoms with E-state index in [-0.39, 0.29) is 23.4 Å². The number of hydrogen-bond donors (Lipinski definition) is 0. The first kappa shape index (κ1) is 14.3. The number of hydrogen-bond acceptors (Lipinski definition) is 5. The summed E-state index contributed by atoms with van der Waals surface area (Å²) in [5.74, 6) is -1.41. The van der Waals surface area contributed by atoms with E-state index in [0.717, 1.165) is 19.4 Å². The van der Waals surface area contributed by atoms with Gasteiger partial charge in [0.15, 0.2) is 0 Å². The molecule has 2 rings (SSSR count). The van der Waals surface area contributed by atoms with E-state index in [1.807, 2.05) is 0 Å². The molecule has 0 radical (unpaired) electrons. The lowest BCUT2D eigenvalue weighted by molar-refractivity contribution is -0.157. The van der Waals surface area contributed by atoms with Crippen LogP contribution in [0, 0.1) is 17.3 Å². The average Bonchev–Trinajstić information content (AvgIpc) is 2.77. The molecule has 0 aliphatic carbocycles. The summed E-state index contributed by atoms with van der Waals surface area (Å²) >= 11 is 0. The molecule has 19 heavy (non-hydrogen) atoms. The lowest BCUT2D eigenvalue weighted by Gasteiger charge is -2.44. The molecular formula is C14H23NO4. The predicted octanol–water partition coefficient (Wildman–Crippen LogP) is 1.07. The Morgan fingerprint density at radius 3 is 2.37 bits per heavy atom. The van der Waals surface area contributed by atoms with Gasteiger partial charge in [-0.1, -0.05) is 13.8 Å². The van der Waals surface area contributed by atoms with E-state index in [1.54, 1.807) is 0 Å². The van der Waals surface area contributed by atoms with Crippen LogP contribution in [0.3, 0.4) is 0 Å². The van der Waals surface area contributed by atoms with E-state index >= 15 is 0 Å². The molecule has 2 aliphatic heterocycles. The minimum Gasteiger partial charge on any atom is -0.469 e. The molecule has 0 aromatic rings. The van der Waals surface area contributed by atoms with Crippen LogP contribution in [-0.2, 0) is 19.1 Å². The quantitative estimate of drug-likeness (QED) is 0.702. The average molecular weight is 269 g/mol. The fraction of sp³-hybridized carbons (Fsp3) is 0.857. The molecule has 0 aromatic carbocycles. The molecule has 2 fully saturated rings. The van der Waals surface area contributed by atoms with E-state index in [0.29, 0.717) is 6.54 Å². The molecule has 5 nitrogen and oxygen atoms in total. The Morgan fingerprint density at radius 2 is 1.79 bits per heavy atom. The maximum atomic E-state index is 12.1. The number of ether oxygens (including phenoxy) is 2. The van der Waals surface area contributed by atoms with Crippen LogP contribution < -0.4 is 0 Å². The highest BCUT2D eigenvalue weighted by molar-refractivity contribution is 5.83. The topological polar surface area (TPSA) is 55.8 Å². The number of esters is 2. The number of rotatable bonds is 2. The molecule has 0 aromatic heterocycles. The maximum Gasteiger partial charge on any atom is 0.311 e. The third kappa shape index (κ3) is 2.36. The van der Waals surface area contributed by atoms with Crippen LogP contribution in [0.4, 0.5) is 0 Å². The van der Waals surface area contributed by atoms with Gasteiger partial charge >= 0.3 is 11.9 Å². The van der Waals surface area contributed by atoms with Gasteiger partial charge in [0.1, 0.15) is 0 Å². The first-order valence-electron chi connectivity index (χ1n) is 6.82. The highest BCUT2D eigenvalue weighted by Gasteiger charge is 2.56. The summed E-state index contributed by atoms with van der Waals surface area (Å²) in [5, 5.41) is 0. The smallest absolute Gasteiger partial charge is 0.311 e. The third-order valence-electron chi connectivity index (χ3n) is 4.64. The normalized spacial score (nSPS) is 33.6. The van der Waals surface area contributed by atoms with Crippen molar-refractivity contribution in [2.75, 3.05) is 27.3 Å². The number of nitrogens with zero attached hydrogens (tertiary/aromatic N) is 1. The van der Waals surface area contributed by atoms with Crippen LogP contribution in [0.25, 0.3) is 0 Å². The van der Waals surface area contributed by atoms with Crippen LogP contribution in [0.2, 0.25) is 0 Å². The van der Waals surface area contributed by atoms with E-state index in [2.05, 4.69) is 18.7 Å². The molecular weight excluding hydrogens is 246 g/mol. The van der Waals surface area contributed by atoms with Gasteiger partial charge < -0.3 is 9.47 Å². The summed E-state index contributed by atoms with van der Waals surface area (Å²) in [5.41, 5.74) is 0.0138. The van der Waals surface area contributed by atoms with Gasteiger partial charge in [-0.3, -0.25) is 14.5 Å². The molecule has 0 saturated carbocycles. The second-order valence-corrected chi connectivity index (χ2v) is 6.21. The Labute approximate surface area is 114 Å². The van der Waals surface area contributed by atoms with Crippen molar-refractivity contribution in [3.8, 4) is 0 Å². The lowest BCUT2D eigenvalue weighted by atomic mass is 9.71. The number of fused-ring (bicyclic) bond motifs is 1. The molecule has 0 unspecified atom stereocenters. The minimum atomic E-state index is -0.409. The zero-order valence-corrected chi connectivity index (χ0v) is 12.1. The van der Waals surface area contributed by atoms with Crippen LogP contribution in [0.15, 0.2) is 0 Å². The van der Waals surface area contributed by atoms with E-state index in [4.69, 9.17) is 9.47 Å². The summed E-state index contributed by atoms with van der Waals surface area (Å²) in [7, 11) is 2.76. The van der Waals surface area contributed by atoms with Crippen LogP contribution in [-0.4, -0.2) is 50.2 Å². The summed E-state index contributed by atoms with van der Waals surface area (Å²) in [6.07, 6.45) is 2.17. The molecule has 0 bridgehead atoms. The van der Waals surface area contributed by atoms with Crippen LogP contribution >= 0.6 is 0 Å². The largest absolute Gasteiger partial charge is 0.469 e. The Balaban J connectivity index is 2.34. The molecule has 0 amide bonds. The second-order valence-electron chi connectivity index (χ2n) is 6.21. The van der Waals surface area contributed by atoms with Gasteiger partial charge in [-0.2, -0.15) is 0 Å². The van der Waals surface area contributed by atoms with Gasteiger partial charge in [-0.25, -0.2) is 0 Å². The number of piperidine rings is 1. The molecule has 2 saturated heterocycles. The Hall–Kier alpha value is -1.10. The highest BCUT2D eigenvalue weighted by Crippen LogP contribution is 2.46. The van der Waals surface area contributed by atoms with Gasteiger partial charge in [0.05, 0.1) is 26.1 Å². The van der Waals surface area contributed by atoms with Gasteiger partial charge in [-0.05, 0) is 24.8 Å². The highest BCUT2D eigenvalue weighted by atomic mass is 16.5. The molecule has 3 atom stereocenters. The van der Waals surface area contributed by atoms with E-state index < -0.39 is 11.8 Å². The fourth-order valence-corrected chi connectivity index (χ4v) is 3.83. The summed E-state index contributed by atoms with van der Waals surface area (Å²) in [4.78, 5) is 26.3. The zero-order valence-electron chi connectivity index (χ0n) is 12.1. The predicted molar refractivity (Wildman–Crippen MR) is 69.4 cm³/mol. The molecule has 0 N–H and O–H groups in total. The van der Waals surface area contributed by atoms with Crippen molar-refractivity contribution < 1.29 is 19.1 Å². The Bertz CT molecular complexity index is 380. The SMILES string of the molecule is COC(=O)[C@H]1[C@@H](C(=O)OC)CN2CCCC(C)(C)[C@H]12. The van der Waals surface area contributed by atoms with Crippen molar-refractivity contribution in [1.29, 1.82) is 0 Å². The molecule has 2 heterocycles. The standard InChI is InChI=1S/C14H23NO4/c1-14(2)6-5-7-15-8-9(12(16)18-3)10(11(14)15)13(17)19-4/h9-11H,5-8H2,1-4H3/t9-,10-,11-/m0/s1. The van der Waals surface area contributed by atoms with E-state index in [1.165, 1.54) is 14.2 Å². The lowest BCUT2D eigenvalue weighted by Crippen LogP contribution is -2.50. The van der Waals surface area contributed by atoms with E-state index in [9.17, 15) is 9.59 Å². The fourth-order valence-electron chi connectivity index (χ4n) is 3.83. The van der Waals surface area contributed by atoms with Gasteiger partial charge in [0.25, 0.3) is 0 Å². The van der Waals surface area contributed by atoms with Crippen molar-refractivity contribution in [3.63, 3.8) is 0 Å². The zero-order chi connectivity index (χ0) is 14.2. The first-order chi connectivity index (χ1) is 8.92. The molecule has 2 aliphatic rings. The molecule has 108 valence electrons. The van der Waals surface area contributed by atoms with Crippen molar-refractivity contribution in [2.24, 2.45) is 17.3 Å². The minimum absolute atomic E-state index is 0.0138. The van der Waals surface area contributed by atoms with Crippen molar-refractivity contribution >= 4 is 11.9 Å². The summed E-state index contributed by atoms with van der Waals surface area (Å²) in [6, 6.07) is 0.0674. The summed E-state index contributed by atoms with van der Waals surface area (Å²) in [6.45, 7) is 5.87. The monoisotopic (exact) mass is 269 g/mol. The van der Waals surface area contributed by atoms with Crippen molar-refractivity contribution in [2.45, 2.75) is 32.7 Å². The number of carbonyl (C=O) groups is 2. The maximum absolute atomic E-state index is 12.1. The first-order valence-corrected chi connectivity index (χ1v) is 6.82. The van der Waals surface area contributed by atoms with Gasteiger partial charge in [0.2, 0.25) is 0 Å². The van der Waals surface area contributed by atoms with Gasteiger partial charge in [-0.15, -0.1) is 0 Å². The second kappa shape index (κ2) is 5.12. The Morgan fingerprint density at radius 1 is 1.16 bits per heavy atom. The number of carbonyl (C=O) groups excluding carboxylic acids is 2. The molecule has 0 spiro atoms. The Kier molecular flexibility index (Phi) is 3.85. The molecule has 5 heteroatoms. The third-order valence-corrected chi connectivity index (χ3v) is 4.64. The summed E-state index contributed by atoms with van der Waals surface area (Å²) < 4.78 is 9.79.